The van der Waals surface area contributed by atoms with Crippen molar-refractivity contribution in [2.24, 2.45) is 0 Å². The molecule has 6 rings (SSSR count). The summed E-state index contributed by atoms with van der Waals surface area (Å²) in [6.07, 6.45) is 0. The second kappa shape index (κ2) is 6.29. The zero-order chi connectivity index (χ0) is 20.2. The van der Waals surface area contributed by atoms with Gasteiger partial charge in [-0.05, 0) is 24.3 Å². The van der Waals surface area contributed by atoms with Crippen molar-refractivity contribution < 1.29 is 9.47 Å². The van der Waals surface area contributed by atoms with Crippen LogP contribution in [-0.2, 0) is 0 Å². The second-order valence-electron chi connectivity index (χ2n) is 7.54. The molecule has 30 heavy (non-hydrogen) atoms. The van der Waals surface area contributed by atoms with Crippen LogP contribution in [0.25, 0.3) is 54.7 Å². The van der Waals surface area contributed by atoms with Gasteiger partial charge in [-0.3, -0.25) is 0 Å². The van der Waals surface area contributed by atoms with E-state index in [0.29, 0.717) is 0 Å². The topological polar surface area (TPSA) is 50.0 Å². The van der Waals surface area contributed by atoms with Crippen molar-refractivity contribution in [2.45, 2.75) is 0 Å². The van der Waals surface area contributed by atoms with Crippen molar-refractivity contribution in [2.75, 3.05) is 14.2 Å². The van der Waals surface area contributed by atoms with E-state index in [9.17, 15) is 0 Å². The number of aromatic nitrogens is 2. The van der Waals surface area contributed by atoms with Crippen LogP contribution in [0.3, 0.4) is 0 Å². The molecule has 4 heteroatoms. The van der Waals surface area contributed by atoms with Gasteiger partial charge in [-0.1, -0.05) is 36.4 Å². The van der Waals surface area contributed by atoms with E-state index in [1.165, 1.54) is 21.5 Å². The van der Waals surface area contributed by atoms with Crippen LogP contribution in [-0.4, -0.2) is 24.2 Å². The summed E-state index contributed by atoms with van der Waals surface area (Å²) in [5, 5.41) is 4.73. The molecule has 2 N–H and O–H groups in total. The number of para-hydroxylation sites is 2. The third-order valence-corrected chi connectivity index (χ3v) is 5.94. The van der Waals surface area contributed by atoms with Gasteiger partial charge in [0.05, 0.1) is 25.3 Å². The molecule has 0 fully saturated rings. The monoisotopic (exact) mass is 392 g/mol. The third kappa shape index (κ3) is 2.34. The molecule has 4 nitrogen and oxygen atoms in total. The first kappa shape index (κ1) is 17.0. The van der Waals surface area contributed by atoms with E-state index in [4.69, 9.17) is 9.47 Å². The van der Waals surface area contributed by atoms with Gasteiger partial charge >= 0.3 is 0 Å². The minimum Gasteiger partial charge on any atom is -0.496 e. The molecular weight excluding hydrogens is 372 g/mol. The zero-order valence-corrected chi connectivity index (χ0v) is 16.7. The first-order valence-corrected chi connectivity index (χ1v) is 9.94. The van der Waals surface area contributed by atoms with Crippen LogP contribution in [0.2, 0.25) is 0 Å². The Hall–Kier alpha value is -3.92. The number of methoxy groups -OCH3 is 2. The van der Waals surface area contributed by atoms with E-state index in [2.05, 4.69) is 70.6 Å². The Bertz CT molecular complexity index is 1450. The number of rotatable bonds is 3. The maximum absolute atomic E-state index is 5.80. The van der Waals surface area contributed by atoms with E-state index in [1.54, 1.807) is 14.2 Å². The Balaban J connectivity index is 1.70. The van der Waals surface area contributed by atoms with Crippen molar-refractivity contribution in [1.29, 1.82) is 0 Å². The van der Waals surface area contributed by atoms with Crippen molar-refractivity contribution in [1.82, 2.24) is 9.97 Å². The summed E-state index contributed by atoms with van der Waals surface area (Å²) in [6, 6.07) is 25.3. The normalized spacial score (nSPS) is 11.7. The van der Waals surface area contributed by atoms with Crippen LogP contribution in [0.15, 0.2) is 72.8 Å². The van der Waals surface area contributed by atoms with Crippen molar-refractivity contribution in [3.8, 4) is 22.6 Å². The number of nitrogens with one attached hydrogen (secondary N) is 2. The quantitative estimate of drug-likeness (QED) is 0.355. The Morgan fingerprint density at radius 2 is 0.933 bits per heavy atom. The lowest BCUT2D eigenvalue weighted by atomic mass is 9.98. The zero-order valence-electron chi connectivity index (χ0n) is 16.7. The van der Waals surface area contributed by atoms with Crippen molar-refractivity contribution in [3.63, 3.8) is 0 Å². The van der Waals surface area contributed by atoms with Crippen LogP contribution >= 0.6 is 0 Å². The van der Waals surface area contributed by atoms with E-state index in [0.717, 1.165) is 44.7 Å². The van der Waals surface area contributed by atoms with Gasteiger partial charge in [-0.15, -0.1) is 0 Å². The molecule has 0 radical (unpaired) electrons. The van der Waals surface area contributed by atoms with Gasteiger partial charge < -0.3 is 19.4 Å². The van der Waals surface area contributed by atoms with Crippen molar-refractivity contribution >= 4 is 43.6 Å². The van der Waals surface area contributed by atoms with Gasteiger partial charge in [0.2, 0.25) is 0 Å². The van der Waals surface area contributed by atoms with Gasteiger partial charge in [-0.2, -0.15) is 0 Å². The summed E-state index contributed by atoms with van der Waals surface area (Å²) < 4.78 is 11.6. The number of aromatic amines is 2. The number of benzene rings is 4. The number of H-pyrrole nitrogens is 2. The molecule has 0 amide bonds. The minimum absolute atomic E-state index is 0.812. The molecule has 2 aromatic heterocycles. The average molecular weight is 392 g/mol. The first-order valence-electron chi connectivity index (χ1n) is 9.94. The molecule has 6 aromatic rings. The number of hydrogen-bond donors (Lipinski definition) is 2. The van der Waals surface area contributed by atoms with Crippen LogP contribution in [0.4, 0.5) is 0 Å². The molecular formula is C26H20N2O2. The van der Waals surface area contributed by atoms with Gasteiger partial charge in [0.15, 0.2) is 0 Å². The summed E-state index contributed by atoms with van der Waals surface area (Å²) >= 11 is 0. The highest BCUT2D eigenvalue weighted by molar-refractivity contribution is 6.12. The number of ether oxygens (including phenoxy) is 2. The number of fused-ring (bicyclic) bond motifs is 6. The summed E-state index contributed by atoms with van der Waals surface area (Å²) in [7, 11) is 3.42. The minimum atomic E-state index is 0.812. The first-order chi connectivity index (χ1) is 14.8. The largest absolute Gasteiger partial charge is 0.496 e. The van der Waals surface area contributed by atoms with Gasteiger partial charge in [0.25, 0.3) is 0 Å². The predicted molar refractivity (Wildman–Crippen MR) is 124 cm³/mol. The Morgan fingerprint density at radius 3 is 1.37 bits per heavy atom. The summed E-state index contributed by atoms with van der Waals surface area (Å²) in [6.45, 7) is 0. The molecule has 0 aliphatic carbocycles. The van der Waals surface area contributed by atoms with E-state index >= 15 is 0 Å². The lowest BCUT2D eigenvalue weighted by Crippen LogP contribution is -1.92. The van der Waals surface area contributed by atoms with E-state index < -0.39 is 0 Å². The molecule has 0 unspecified atom stereocenters. The summed E-state index contributed by atoms with van der Waals surface area (Å²) in [4.78, 5) is 6.99. The Labute approximate surface area is 173 Å². The highest BCUT2D eigenvalue weighted by atomic mass is 16.5. The van der Waals surface area contributed by atoms with Crippen LogP contribution in [0, 0.1) is 0 Å². The second-order valence-corrected chi connectivity index (χ2v) is 7.54. The van der Waals surface area contributed by atoms with Crippen LogP contribution < -0.4 is 9.47 Å². The summed E-state index contributed by atoms with van der Waals surface area (Å²) in [5.41, 5.74) is 6.38. The Morgan fingerprint density at radius 1 is 0.500 bits per heavy atom. The molecule has 0 saturated heterocycles. The number of hydrogen-bond acceptors (Lipinski definition) is 2. The average Bonchev–Trinajstić information content (AvgIpc) is 3.34. The lowest BCUT2D eigenvalue weighted by Gasteiger charge is -2.13. The fourth-order valence-corrected chi connectivity index (χ4v) is 4.52. The SMILES string of the molecule is COc1cc2[nH]c3ccccc3c2cc1-c1cc2c(cc1OC)[nH]c1ccccc12. The van der Waals surface area contributed by atoms with Crippen LogP contribution in [0.5, 0.6) is 11.5 Å². The fraction of sp³-hybridized carbons (Fsp3) is 0.0769. The predicted octanol–water partition coefficient (Wildman–Crippen LogP) is 6.64. The fourth-order valence-electron chi connectivity index (χ4n) is 4.52. The maximum Gasteiger partial charge on any atom is 0.128 e. The van der Waals surface area contributed by atoms with Crippen molar-refractivity contribution in [3.05, 3.63) is 72.8 Å². The highest BCUT2D eigenvalue weighted by Gasteiger charge is 2.17. The molecule has 0 aliphatic heterocycles. The van der Waals surface area contributed by atoms with Gasteiger partial charge in [-0.25, -0.2) is 0 Å². The molecule has 0 saturated carbocycles. The highest BCUT2D eigenvalue weighted by Crippen LogP contribution is 2.43. The molecule has 2 heterocycles. The molecule has 0 bridgehead atoms. The standard InChI is InChI=1S/C26H20N2O2/c1-29-25-13-23-17(15-7-3-5-9-21(15)27-23)11-19(25)20-12-18-16-8-4-6-10-22(16)28-24(18)14-26(20)30-2/h3-14,27-28H,1-2H3. The van der Waals surface area contributed by atoms with Gasteiger partial charge in [0, 0.05) is 55.8 Å². The molecule has 0 spiro atoms. The lowest BCUT2D eigenvalue weighted by molar-refractivity contribution is 0.411. The van der Waals surface area contributed by atoms with Crippen LogP contribution in [0.1, 0.15) is 0 Å². The van der Waals surface area contributed by atoms with Gasteiger partial charge in [0.1, 0.15) is 11.5 Å². The van der Waals surface area contributed by atoms with E-state index in [1.807, 2.05) is 12.1 Å². The molecule has 4 aromatic carbocycles. The molecule has 146 valence electrons. The third-order valence-electron chi connectivity index (χ3n) is 5.94. The summed E-state index contributed by atoms with van der Waals surface area (Å²) in [5.74, 6) is 1.62. The molecule has 0 aliphatic rings. The Kier molecular flexibility index (Phi) is 3.56. The molecule has 0 atom stereocenters. The maximum atomic E-state index is 5.80. The van der Waals surface area contributed by atoms with E-state index in [-0.39, 0.29) is 0 Å². The smallest absolute Gasteiger partial charge is 0.128 e.